The monoisotopic (exact) mass is 250 g/mol. The lowest BCUT2D eigenvalue weighted by Gasteiger charge is -2.09. The maximum absolute atomic E-state index is 12.1. The summed E-state index contributed by atoms with van der Waals surface area (Å²) < 4.78 is 5.38. The third-order valence-electron chi connectivity index (χ3n) is 3.31. The number of carbonyl (C=O) groups excluding carboxylic acids is 1. The molecule has 2 heteroatoms. The second kappa shape index (κ2) is 4.73. The van der Waals surface area contributed by atoms with Crippen LogP contribution in [0.2, 0.25) is 0 Å². The van der Waals surface area contributed by atoms with E-state index in [1.807, 2.05) is 67.6 Å². The first kappa shape index (κ1) is 11.7. The largest absolute Gasteiger partial charge is 0.454 e. The number of cyclic esters (lactones) is 1. The van der Waals surface area contributed by atoms with Crippen LogP contribution in [0.1, 0.15) is 18.1 Å². The van der Waals surface area contributed by atoms with E-state index in [1.165, 1.54) is 0 Å². The van der Waals surface area contributed by atoms with Crippen molar-refractivity contribution in [2.24, 2.45) is 0 Å². The van der Waals surface area contributed by atoms with Crippen molar-refractivity contribution in [3.05, 3.63) is 71.8 Å². The van der Waals surface area contributed by atoms with Gasteiger partial charge in [0.05, 0.1) is 5.57 Å². The molecule has 0 saturated heterocycles. The quantitative estimate of drug-likeness (QED) is 0.762. The summed E-state index contributed by atoms with van der Waals surface area (Å²) in [6, 6.07) is 19.6. The van der Waals surface area contributed by atoms with E-state index >= 15 is 0 Å². The zero-order valence-electron chi connectivity index (χ0n) is 10.7. The molecule has 0 spiro atoms. The first-order valence-electron chi connectivity index (χ1n) is 6.33. The van der Waals surface area contributed by atoms with Gasteiger partial charge in [0.25, 0.3) is 0 Å². The lowest BCUT2D eigenvalue weighted by molar-refractivity contribution is -0.136. The van der Waals surface area contributed by atoms with Gasteiger partial charge in [-0.2, -0.15) is 0 Å². The van der Waals surface area contributed by atoms with Gasteiger partial charge in [0.1, 0.15) is 6.10 Å². The molecule has 0 radical (unpaired) electrons. The molecular formula is C17H14O2. The Kier molecular flexibility index (Phi) is 2.92. The van der Waals surface area contributed by atoms with Crippen LogP contribution in [0.25, 0.3) is 11.1 Å². The molecular weight excluding hydrogens is 236 g/mol. The number of carbonyl (C=O) groups is 1. The molecule has 0 saturated carbocycles. The van der Waals surface area contributed by atoms with Crippen LogP contribution in [0.3, 0.4) is 0 Å². The molecule has 1 heterocycles. The van der Waals surface area contributed by atoms with E-state index in [0.717, 1.165) is 16.7 Å². The highest BCUT2D eigenvalue weighted by Crippen LogP contribution is 2.36. The Balaban J connectivity index is 2.21. The highest BCUT2D eigenvalue weighted by molar-refractivity contribution is 6.27. The Morgan fingerprint density at radius 2 is 1.37 bits per heavy atom. The maximum atomic E-state index is 12.1. The Morgan fingerprint density at radius 3 is 1.95 bits per heavy atom. The lowest BCUT2D eigenvalue weighted by atomic mass is 9.94. The Morgan fingerprint density at radius 1 is 0.842 bits per heavy atom. The fourth-order valence-corrected chi connectivity index (χ4v) is 2.47. The minimum Gasteiger partial charge on any atom is -0.454 e. The molecule has 19 heavy (non-hydrogen) atoms. The van der Waals surface area contributed by atoms with Gasteiger partial charge in [-0.3, -0.25) is 0 Å². The van der Waals surface area contributed by atoms with Gasteiger partial charge in [-0.1, -0.05) is 60.7 Å². The summed E-state index contributed by atoms with van der Waals surface area (Å²) in [4.78, 5) is 12.1. The molecule has 2 aromatic rings. The number of benzene rings is 2. The normalized spacial score (nSPS) is 18.6. The molecule has 1 unspecified atom stereocenters. The molecule has 0 fully saturated rings. The molecule has 94 valence electrons. The van der Waals surface area contributed by atoms with Gasteiger partial charge in [-0.25, -0.2) is 4.79 Å². The SMILES string of the molecule is CC1OC(=O)C(c2ccccc2)=C1c1ccccc1. The minimum absolute atomic E-state index is 0.204. The van der Waals surface area contributed by atoms with Crippen molar-refractivity contribution in [2.45, 2.75) is 13.0 Å². The van der Waals surface area contributed by atoms with Gasteiger partial charge in [0.15, 0.2) is 0 Å². The smallest absolute Gasteiger partial charge is 0.339 e. The predicted octanol–water partition coefficient (Wildman–Crippen LogP) is 3.54. The highest BCUT2D eigenvalue weighted by Gasteiger charge is 2.32. The second-order valence-corrected chi connectivity index (χ2v) is 4.57. The summed E-state index contributed by atoms with van der Waals surface area (Å²) in [6.07, 6.45) is -0.204. The number of hydrogen-bond acceptors (Lipinski definition) is 2. The summed E-state index contributed by atoms with van der Waals surface area (Å²) in [5.41, 5.74) is 3.60. The summed E-state index contributed by atoms with van der Waals surface area (Å²) in [5.74, 6) is -0.238. The molecule has 0 aromatic heterocycles. The lowest BCUT2D eigenvalue weighted by Crippen LogP contribution is -2.05. The molecule has 0 amide bonds. The van der Waals surface area contributed by atoms with Gasteiger partial charge in [0, 0.05) is 5.57 Å². The molecule has 1 aliphatic rings. The van der Waals surface area contributed by atoms with Gasteiger partial charge in [-0.15, -0.1) is 0 Å². The summed E-state index contributed by atoms with van der Waals surface area (Å²) in [7, 11) is 0. The molecule has 3 rings (SSSR count). The van der Waals surface area contributed by atoms with E-state index < -0.39 is 0 Å². The standard InChI is InChI=1S/C17H14O2/c1-12-15(13-8-4-2-5-9-13)16(17(18)19-12)14-10-6-3-7-11-14/h2-12H,1H3. The number of esters is 1. The topological polar surface area (TPSA) is 26.3 Å². The third-order valence-corrected chi connectivity index (χ3v) is 3.31. The van der Waals surface area contributed by atoms with E-state index in [-0.39, 0.29) is 12.1 Å². The summed E-state index contributed by atoms with van der Waals surface area (Å²) in [5, 5.41) is 0. The average molecular weight is 250 g/mol. The van der Waals surface area contributed by atoms with Gasteiger partial charge in [0.2, 0.25) is 0 Å². The first-order chi connectivity index (χ1) is 9.27. The van der Waals surface area contributed by atoms with E-state index in [4.69, 9.17) is 4.74 Å². The fourth-order valence-electron chi connectivity index (χ4n) is 2.47. The molecule has 1 atom stereocenters. The summed E-state index contributed by atoms with van der Waals surface area (Å²) >= 11 is 0. The predicted molar refractivity (Wildman–Crippen MR) is 75.3 cm³/mol. The van der Waals surface area contributed by atoms with Crippen LogP contribution in [0, 0.1) is 0 Å². The zero-order valence-corrected chi connectivity index (χ0v) is 10.7. The number of rotatable bonds is 2. The van der Waals surface area contributed by atoms with Crippen molar-refractivity contribution in [3.63, 3.8) is 0 Å². The zero-order chi connectivity index (χ0) is 13.2. The van der Waals surface area contributed by atoms with Crippen LogP contribution in [-0.2, 0) is 9.53 Å². The first-order valence-corrected chi connectivity index (χ1v) is 6.33. The van der Waals surface area contributed by atoms with Crippen molar-refractivity contribution in [1.29, 1.82) is 0 Å². The molecule has 0 aliphatic carbocycles. The Labute approximate surface area is 112 Å². The Hall–Kier alpha value is -2.35. The van der Waals surface area contributed by atoms with Gasteiger partial charge < -0.3 is 4.74 Å². The van der Waals surface area contributed by atoms with Crippen LogP contribution in [-0.4, -0.2) is 12.1 Å². The van der Waals surface area contributed by atoms with Gasteiger partial charge in [-0.05, 0) is 18.1 Å². The summed E-state index contributed by atoms with van der Waals surface area (Å²) in [6.45, 7) is 1.91. The van der Waals surface area contributed by atoms with Gasteiger partial charge >= 0.3 is 5.97 Å². The van der Waals surface area contributed by atoms with Crippen LogP contribution < -0.4 is 0 Å². The van der Waals surface area contributed by atoms with E-state index in [9.17, 15) is 4.79 Å². The number of hydrogen-bond donors (Lipinski definition) is 0. The van der Waals surface area contributed by atoms with E-state index in [1.54, 1.807) is 0 Å². The van der Waals surface area contributed by atoms with Crippen molar-refractivity contribution >= 4 is 17.1 Å². The molecule has 0 bridgehead atoms. The third kappa shape index (κ3) is 2.06. The molecule has 1 aliphatic heterocycles. The maximum Gasteiger partial charge on any atom is 0.339 e. The second-order valence-electron chi connectivity index (χ2n) is 4.57. The van der Waals surface area contributed by atoms with Crippen molar-refractivity contribution in [3.8, 4) is 0 Å². The molecule has 2 aromatic carbocycles. The Bertz CT molecular complexity index is 627. The van der Waals surface area contributed by atoms with Crippen LogP contribution >= 0.6 is 0 Å². The minimum atomic E-state index is -0.238. The van der Waals surface area contributed by atoms with E-state index in [0.29, 0.717) is 5.57 Å². The van der Waals surface area contributed by atoms with Crippen molar-refractivity contribution < 1.29 is 9.53 Å². The molecule has 2 nitrogen and oxygen atoms in total. The van der Waals surface area contributed by atoms with Crippen molar-refractivity contribution in [1.82, 2.24) is 0 Å². The van der Waals surface area contributed by atoms with Crippen LogP contribution in [0.15, 0.2) is 60.7 Å². The van der Waals surface area contributed by atoms with Crippen molar-refractivity contribution in [2.75, 3.05) is 0 Å². The fraction of sp³-hybridized carbons (Fsp3) is 0.118. The van der Waals surface area contributed by atoms with Crippen LogP contribution in [0.4, 0.5) is 0 Å². The average Bonchev–Trinajstić information content (AvgIpc) is 2.75. The highest BCUT2D eigenvalue weighted by atomic mass is 16.5. The number of ether oxygens (including phenoxy) is 1. The van der Waals surface area contributed by atoms with Crippen LogP contribution in [0.5, 0.6) is 0 Å². The van der Waals surface area contributed by atoms with E-state index in [2.05, 4.69) is 0 Å². The molecule has 0 N–H and O–H groups in total.